The molecule has 0 aromatic carbocycles. The largest absolute Gasteiger partial charge is 0.394 e. The van der Waals surface area contributed by atoms with Gasteiger partial charge in [-0.1, -0.05) is 308 Å². The minimum atomic E-state index is -1.98. The van der Waals surface area contributed by atoms with E-state index in [9.17, 15) is 61.0 Å². The highest BCUT2D eigenvalue weighted by Gasteiger charge is 2.54. The molecule has 3 aliphatic heterocycles. The van der Waals surface area contributed by atoms with Crippen molar-refractivity contribution in [2.24, 2.45) is 0 Å². The Morgan fingerprint density at radius 3 is 1.02 bits per heavy atom. The normalized spacial score (nSPS) is 26.4. The number of ether oxygens (including phenoxy) is 6. The van der Waals surface area contributed by atoms with Crippen molar-refractivity contribution >= 4 is 5.91 Å². The molecule has 12 N–H and O–H groups in total. The van der Waals surface area contributed by atoms with Gasteiger partial charge >= 0.3 is 0 Å². The van der Waals surface area contributed by atoms with E-state index >= 15 is 0 Å². The topological polar surface area (TPSA) is 307 Å². The number of carbonyl (C=O) groups is 1. The fourth-order valence-electron chi connectivity index (χ4n) is 13.1. The van der Waals surface area contributed by atoms with Crippen LogP contribution in [0.1, 0.15) is 277 Å². The van der Waals surface area contributed by atoms with Gasteiger partial charge in [0, 0.05) is 6.42 Å². The molecule has 3 rings (SSSR count). The lowest BCUT2D eigenvalue weighted by molar-refractivity contribution is -0.379. The first-order chi connectivity index (χ1) is 51.8. The van der Waals surface area contributed by atoms with E-state index in [1.165, 1.54) is 128 Å². The standard InChI is InChI=1S/C87H147NO18/c1-3-5-7-9-11-13-15-17-19-21-23-25-26-27-28-29-30-31-32-33-34-35-36-37-38-39-40-41-42-43-44-45-47-49-51-53-55-57-59-61-63-65-75(93)88-70(71(92)64-62-60-58-56-54-52-50-48-46-24-22-20-18-16-14-12-10-8-6-4-2)69-101-85-81(99)78(96)83(73(67-90)103-85)106-87-82(100)79(97)84(74(68-91)104-87)105-86-80(98)77(95)76(94)72(66-89)102-86/h5,7,11,13,17,19,23,25,27-28,30-31,33-34,36-37,39-40,42-43,62,64,70-74,76-87,89-92,94-100H,3-4,6,8-10,12,14-16,18,20-22,24,26,29,32,35,38,41,44-61,63,65-69H2,1-2H3,(H,88,93)/b7-5-,13-11-,19-17-,25-23-,28-27-,31-30-,34-33-,37-36-,40-39-,43-42-,64-62+. The Kier molecular flexibility index (Phi) is 59.5. The minimum absolute atomic E-state index is 0.231. The number of hydrogen-bond donors (Lipinski definition) is 12. The van der Waals surface area contributed by atoms with Gasteiger partial charge in [-0.05, 0) is 96.3 Å². The van der Waals surface area contributed by atoms with Crippen molar-refractivity contribution in [3.05, 3.63) is 134 Å². The molecule has 19 heteroatoms. The Balaban J connectivity index is 1.34. The maximum Gasteiger partial charge on any atom is 0.220 e. The molecular formula is C87H147NO18. The Morgan fingerprint density at radius 2 is 0.651 bits per heavy atom. The first-order valence-corrected chi connectivity index (χ1v) is 41.4. The smallest absolute Gasteiger partial charge is 0.220 e. The highest BCUT2D eigenvalue weighted by atomic mass is 16.8. The Hall–Kier alpha value is -4.07. The molecule has 0 aromatic heterocycles. The van der Waals surface area contributed by atoms with Gasteiger partial charge in [0.05, 0.1) is 38.6 Å². The molecule has 17 atom stereocenters. The molecule has 0 bridgehead atoms. The monoisotopic (exact) mass is 1490 g/mol. The summed E-state index contributed by atoms with van der Waals surface area (Å²) < 4.78 is 34.4. The molecule has 3 fully saturated rings. The van der Waals surface area contributed by atoms with Crippen molar-refractivity contribution < 1.29 is 89.4 Å². The summed E-state index contributed by atoms with van der Waals surface area (Å²) in [6, 6.07) is -0.985. The highest BCUT2D eigenvalue weighted by Crippen LogP contribution is 2.33. The van der Waals surface area contributed by atoms with E-state index in [1.807, 2.05) is 6.08 Å². The van der Waals surface area contributed by atoms with Gasteiger partial charge < -0.3 is 89.9 Å². The molecular weight excluding hydrogens is 1350 g/mol. The average Bonchev–Trinajstić information content (AvgIpc) is 0.780. The first-order valence-electron chi connectivity index (χ1n) is 41.4. The van der Waals surface area contributed by atoms with Crippen LogP contribution in [0.25, 0.3) is 0 Å². The van der Waals surface area contributed by atoms with Gasteiger partial charge in [0.15, 0.2) is 18.9 Å². The Labute approximate surface area is 639 Å². The lowest BCUT2D eigenvalue weighted by Gasteiger charge is -2.48. The van der Waals surface area contributed by atoms with E-state index in [2.05, 4.69) is 141 Å². The molecule has 3 heterocycles. The predicted octanol–water partition coefficient (Wildman–Crippen LogP) is 14.4. The zero-order chi connectivity index (χ0) is 76.7. The van der Waals surface area contributed by atoms with Crippen molar-refractivity contribution in [2.45, 2.75) is 381 Å². The fraction of sp³-hybridized carbons (Fsp3) is 0.736. The molecule has 17 unspecified atom stereocenters. The SMILES string of the molecule is CC/C=C\C/C=C\C/C=C\C/C=C\C/C=C\C/C=C\C/C=C\C/C=C\C/C=C\C/C=C\CCCCCCCCCCCCC(=O)NC(COC1OC(CO)C(OC2OC(CO)C(OC3OC(CO)C(O)C(O)C3O)C(O)C2O)C(O)C1O)C(O)/C=C/CCCCCCCCCCCCCCCCCCCC. The molecule has 3 aliphatic rings. The second-order valence-corrected chi connectivity index (χ2v) is 28.9. The van der Waals surface area contributed by atoms with Crippen LogP contribution in [0.4, 0.5) is 0 Å². The summed E-state index contributed by atoms with van der Waals surface area (Å²) in [6.45, 7) is 1.63. The highest BCUT2D eigenvalue weighted by molar-refractivity contribution is 5.76. The second-order valence-electron chi connectivity index (χ2n) is 28.9. The van der Waals surface area contributed by atoms with Gasteiger partial charge in [-0.3, -0.25) is 4.79 Å². The second kappa shape index (κ2) is 65.6. The summed E-state index contributed by atoms with van der Waals surface area (Å²) in [5, 5.41) is 121. The number of carbonyl (C=O) groups excluding carboxylic acids is 1. The third kappa shape index (κ3) is 44.7. The average molecular weight is 1500 g/mol. The maximum absolute atomic E-state index is 13.5. The third-order valence-corrected chi connectivity index (χ3v) is 19.7. The van der Waals surface area contributed by atoms with Crippen molar-refractivity contribution in [3.8, 4) is 0 Å². The van der Waals surface area contributed by atoms with Gasteiger partial charge in [0.1, 0.15) is 73.2 Å². The number of unbranched alkanes of at least 4 members (excludes halogenated alkanes) is 28. The zero-order valence-corrected chi connectivity index (χ0v) is 65.1. The summed E-state index contributed by atoms with van der Waals surface area (Å²) in [5.74, 6) is -0.283. The minimum Gasteiger partial charge on any atom is -0.394 e. The van der Waals surface area contributed by atoms with Gasteiger partial charge in [-0.2, -0.15) is 0 Å². The maximum atomic E-state index is 13.5. The third-order valence-electron chi connectivity index (χ3n) is 19.7. The van der Waals surface area contributed by atoms with E-state index in [4.69, 9.17) is 28.4 Å². The lowest BCUT2D eigenvalue weighted by Crippen LogP contribution is -2.66. The van der Waals surface area contributed by atoms with Crippen LogP contribution in [0.2, 0.25) is 0 Å². The van der Waals surface area contributed by atoms with E-state index in [-0.39, 0.29) is 18.9 Å². The summed E-state index contributed by atoms with van der Waals surface area (Å²) in [5.41, 5.74) is 0. The number of nitrogens with one attached hydrogen (secondary N) is 1. The Morgan fingerprint density at radius 1 is 0.349 bits per heavy atom. The van der Waals surface area contributed by atoms with Gasteiger partial charge in [0.25, 0.3) is 0 Å². The van der Waals surface area contributed by atoms with Crippen LogP contribution in [0.5, 0.6) is 0 Å². The summed E-state index contributed by atoms with van der Waals surface area (Å²) >= 11 is 0. The molecule has 0 aliphatic carbocycles. The molecule has 106 heavy (non-hydrogen) atoms. The Bertz CT molecular complexity index is 2440. The van der Waals surface area contributed by atoms with Crippen LogP contribution in [0, 0.1) is 0 Å². The number of aliphatic hydroxyl groups is 11. The first kappa shape index (κ1) is 96.1. The number of amides is 1. The van der Waals surface area contributed by atoms with Crippen LogP contribution < -0.4 is 5.32 Å². The van der Waals surface area contributed by atoms with Crippen molar-refractivity contribution in [3.63, 3.8) is 0 Å². The lowest BCUT2D eigenvalue weighted by atomic mass is 9.96. The van der Waals surface area contributed by atoms with Crippen molar-refractivity contribution in [1.82, 2.24) is 5.32 Å². The van der Waals surface area contributed by atoms with Gasteiger partial charge in [-0.25, -0.2) is 0 Å². The number of aliphatic hydroxyl groups excluding tert-OH is 11. The number of rotatable bonds is 64. The molecule has 0 spiro atoms. The molecule has 1 amide bonds. The molecule has 0 saturated carbocycles. The van der Waals surface area contributed by atoms with Gasteiger partial charge in [-0.15, -0.1) is 0 Å². The molecule has 19 nitrogen and oxygen atoms in total. The van der Waals surface area contributed by atoms with E-state index < -0.39 is 124 Å². The molecule has 608 valence electrons. The number of hydrogen-bond acceptors (Lipinski definition) is 18. The summed E-state index contributed by atoms with van der Waals surface area (Å²) in [7, 11) is 0. The molecule has 3 saturated heterocycles. The van der Waals surface area contributed by atoms with E-state index in [0.29, 0.717) is 6.42 Å². The van der Waals surface area contributed by atoms with Crippen LogP contribution in [0.15, 0.2) is 134 Å². The number of allylic oxidation sites excluding steroid dienone is 21. The molecule has 0 radical (unpaired) electrons. The molecule has 0 aromatic rings. The zero-order valence-electron chi connectivity index (χ0n) is 65.1. The quantitative estimate of drug-likeness (QED) is 0.0199. The predicted molar refractivity (Wildman–Crippen MR) is 424 cm³/mol. The summed E-state index contributed by atoms with van der Waals surface area (Å²) in [4.78, 5) is 13.5. The van der Waals surface area contributed by atoms with Crippen molar-refractivity contribution in [2.75, 3.05) is 26.4 Å². The van der Waals surface area contributed by atoms with Crippen LogP contribution >= 0.6 is 0 Å². The summed E-state index contributed by atoms with van der Waals surface area (Å²) in [6.07, 6.45) is 67.1. The van der Waals surface area contributed by atoms with E-state index in [1.54, 1.807) is 6.08 Å². The van der Waals surface area contributed by atoms with Crippen LogP contribution in [0.3, 0.4) is 0 Å². The fourth-order valence-corrected chi connectivity index (χ4v) is 13.1. The van der Waals surface area contributed by atoms with Gasteiger partial charge in [0.2, 0.25) is 5.91 Å². The van der Waals surface area contributed by atoms with E-state index in [0.717, 1.165) is 122 Å². The van der Waals surface area contributed by atoms with Crippen LogP contribution in [-0.4, -0.2) is 193 Å². The van der Waals surface area contributed by atoms with Crippen molar-refractivity contribution in [1.29, 1.82) is 0 Å². The van der Waals surface area contributed by atoms with Crippen LogP contribution in [-0.2, 0) is 33.2 Å².